The number of methoxy groups -OCH3 is 1. The Kier molecular flexibility index (Phi) is 17.4. The Morgan fingerprint density at radius 2 is 1.65 bits per heavy atom. The van der Waals surface area contributed by atoms with Gasteiger partial charge in [-0.2, -0.15) is 0 Å². The largest absolute Gasteiger partial charge is 1.00 e. The average Bonchev–Trinajstić information content (AvgIpc) is 3.72. The van der Waals surface area contributed by atoms with Gasteiger partial charge >= 0.3 is 29.6 Å². The van der Waals surface area contributed by atoms with Crippen LogP contribution in [0.4, 0.5) is 0 Å². The molecular formula is C47H77NaO15. The van der Waals surface area contributed by atoms with Gasteiger partial charge in [0.25, 0.3) is 0 Å². The minimum Gasteiger partial charge on any atom is -0.550 e. The summed E-state index contributed by atoms with van der Waals surface area (Å²) in [6, 6.07) is 0. The third kappa shape index (κ3) is 10.7. The molecule has 0 amide bonds. The van der Waals surface area contributed by atoms with E-state index in [0.717, 1.165) is 0 Å². The molecule has 6 heterocycles. The van der Waals surface area contributed by atoms with E-state index in [2.05, 4.69) is 20.8 Å². The number of aliphatic carboxylic acids is 1. The summed E-state index contributed by atoms with van der Waals surface area (Å²) < 4.78 is 53.0. The Morgan fingerprint density at radius 3 is 2.25 bits per heavy atom. The molecule has 0 aromatic rings. The number of aliphatic hydroxyl groups is 4. The summed E-state index contributed by atoms with van der Waals surface area (Å²) in [4.78, 5) is 25.1. The molecule has 4 N–H and O–H groups in total. The summed E-state index contributed by atoms with van der Waals surface area (Å²) in [6.45, 7) is 18.7. The number of hydrogen-bond donors (Lipinski definition) is 4. The van der Waals surface area contributed by atoms with Crippen molar-refractivity contribution in [3.63, 3.8) is 0 Å². The number of carboxylic acid groups (broad SMARTS) is 1. The molecule has 0 radical (unpaired) electrons. The minimum absolute atomic E-state index is 0. The van der Waals surface area contributed by atoms with Crippen molar-refractivity contribution in [1.29, 1.82) is 0 Å². The Bertz CT molecular complexity index is 1610. The van der Waals surface area contributed by atoms with Crippen LogP contribution in [0.5, 0.6) is 0 Å². The third-order valence-corrected chi connectivity index (χ3v) is 15.8. The fourth-order valence-corrected chi connectivity index (χ4v) is 11.6. The Morgan fingerprint density at radius 1 is 0.952 bits per heavy atom. The number of carboxylic acids is 1. The fraction of sp³-hybridized carbons (Fsp3) is 0.915. The standard InChI is InChI=1S/C47H78O15.Na/c1-12-13-32(39(51)25(2)16-27(4)42(52)53)21-43(9)24-56-45(22-36(43)50)15-14-44(10,62-45)37-20-34(58-38-19-33(49)41(55-11)31(8)57-38)30(7)47(60-37)29(6)18-35(59-47)40-26(3)17-28(5)46(54,23-48)61-40;/h13,25-31,33-38,40-41,48-50,54H,12,14-24H2,1-11H3,(H,52,53);/q;+1/p-1/b32-13+;/t25?,26-,27?,28+,29+,30+,31+,33+,34-,35+,36-,37+,38+,40?,41+,43-,44-,45?,46-,47?;/m0./s1. The smallest absolute Gasteiger partial charge is 0.550 e. The minimum atomic E-state index is -1.69. The number of hydrogen-bond acceptors (Lipinski definition) is 15. The molecule has 16 heteroatoms. The molecule has 0 saturated carbocycles. The predicted octanol–water partition coefficient (Wildman–Crippen LogP) is 0.935. The zero-order valence-corrected chi connectivity index (χ0v) is 42.0. The average molecular weight is 905 g/mol. The maximum absolute atomic E-state index is 13.7. The van der Waals surface area contributed by atoms with Crippen molar-refractivity contribution < 1.29 is 103 Å². The number of ether oxygens (including phenoxy) is 8. The van der Waals surface area contributed by atoms with Crippen LogP contribution in [-0.2, 0) is 47.5 Å². The molecule has 6 fully saturated rings. The molecule has 0 aromatic carbocycles. The van der Waals surface area contributed by atoms with Crippen molar-refractivity contribution in [2.24, 2.45) is 40.9 Å². The van der Waals surface area contributed by atoms with Gasteiger partial charge in [-0.15, -0.1) is 0 Å². The van der Waals surface area contributed by atoms with E-state index >= 15 is 0 Å². The normalized spacial score (nSPS) is 47.9. The van der Waals surface area contributed by atoms with E-state index in [1.807, 2.05) is 40.7 Å². The molecule has 2 spiro atoms. The molecule has 0 aromatic heterocycles. The van der Waals surface area contributed by atoms with E-state index < -0.39 is 108 Å². The molecule has 6 aliphatic rings. The van der Waals surface area contributed by atoms with E-state index in [0.29, 0.717) is 44.1 Å². The summed E-state index contributed by atoms with van der Waals surface area (Å²) in [5.41, 5.74) is -1.17. The van der Waals surface area contributed by atoms with Crippen molar-refractivity contribution in [3.8, 4) is 0 Å². The summed E-state index contributed by atoms with van der Waals surface area (Å²) in [6.07, 6.45) is 0.632. The molecule has 6 saturated heterocycles. The second-order valence-electron chi connectivity index (χ2n) is 20.8. The first-order valence-electron chi connectivity index (χ1n) is 23.3. The first kappa shape index (κ1) is 53.4. The summed E-state index contributed by atoms with van der Waals surface area (Å²) in [7, 11) is 1.55. The van der Waals surface area contributed by atoms with Crippen LogP contribution in [0.1, 0.15) is 133 Å². The molecule has 5 unspecified atom stereocenters. The zero-order valence-electron chi connectivity index (χ0n) is 40.0. The van der Waals surface area contributed by atoms with Gasteiger partial charge in [-0.25, -0.2) is 0 Å². The van der Waals surface area contributed by atoms with Crippen LogP contribution in [0.3, 0.4) is 0 Å². The van der Waals surface area contributed by atoms with Gasteiger partial charge in [-0.05, 0) is 69.8 Å². The monoisotopic (exact) mass is 905 g/mol. The van der Waals surface area contributed by atoms with E-state index in [9.17, 15) is 35.1 Å². The maximum Gasteiger partial charge on any atom is 1.00 e. The van der Waals surface area contributed by atoms with Gasteiger partial charge in [-0.1, -0.05) is 61.5 Å². The van der Waals surface area contributed by atoms with Gasteiger partial charge in [-0.3, -0.25) is 4.79 Å². The van der Waals surface area contributed by atoms with Gasteiger partial charge in [0.15, 0.2) is 29.4 Å². The molecule has 356 valence electrons. The van der Waals surface area contributed by atoms with Crippen LogP contribution >= 0.6 is 0 Å². The van der Waals surface area contributed by atoms with E-state index in [1.54, 1.807) is 21.0 Å². The molecule has 15 nitrogen and oxygen atoms in total. The van der Waals surface area contributed by atoms with Crippen LogP contribution < -0.4 is 34.7 Å². The number of ketones is 1. The zero-order chi connectivity index (χ0) is 45.7. The van der Waals surface area contributed by atoms with Crippen molar-refractivity contribution in [3.05, 3.63) is 11.6 Å². The quantitative estimate of drug-likeness (QED) is 0.141. The first-order chi connectivity index (χ1) is 29.0. The number of Topliss-reactive ketones (excluding diaryl/α,β-unsaturated/α-hetero) is 1. The fourth-order valence-electron chi connectivity index (χ4n) is 11.6. The SMILES string of the molecule is CC/C=C(\C[C@@]1(C)COC2(CC[C@@](C)([C@H]3C[C@H](O[C@@H]4C[C@@H](O)[C@H](OC)[C@@H](C)O4)[C@@H](C)C4(O[C@@H](C5O[C@@](O)(CO)[C@H](C)C[C@@H]5C)C[C@H]4C)O3)O2)C[C@@H]1O)C(=O)C(C)CC(C)C(=O)[O-].[Na+]. The van der Waals surface area contributed by atoms with Crippen LogP contribution in [0.25, 0.3) is 0 Å². The Hall–Kier alpha value is -0.600. The number of aliphatic hydroxyl groups excluding tert-OH is 3. The van der Waals surface area contributed by atoms with Crippen molar-refractivity contribution in [2.75, 3.05) is 20.3 Å². The molecule has 0 aliphatic carbocycles. The van der Waals surface area contributed by atoms with Crippen molar-refractivity contribution >= 4 is 11.8 Å². The van der Waals surface area contributed by atoms with E-state index in [1.165, 1.54) is 0 Å². The number of allylic oxidation sites excluding steroid dienone is 2. The Balaban J connectivity index is 0.00000748. The molecule has 63 heavy (non-hydrogen) atoms. The first-order valence-corrected chi connectivity index (χ1v) is 23.3. The second kappa shape index (κ2) is 20.6. The number of carbonyl (C=O) groups is 2. The molecule has 20 atom stereocenters. The van der Waals surface area contributed by atoms with Crippen LogP contribution in [-0.4, -0.2) is 131 Å². The topological polar surface area (TPSA) is 212 Å². The van der Waals surface area contributed by atoms with Gasteiger partial charge in [0, 0.05) is 67.8 Å². The molecular weight excluding hydrogens is 827 g/mol. The van der Waals surface area contributed by atoms with Crippen LogP contribution in [0.15, 0.2) is 11.6 Å². The molecule has 6 rings (SSSR count). The summed E-state index contributed by atoms with van der Waals surface area (Å²) in [5.74, 6) is -7.33. The van der Waals surface area contributed by atoms with E-state index in [-0.39, 0.29) is 91.3 Å². The van der Waals surface area contributed by atoms with Crippen LogP contribution in [0.2, 0.25) is 0 Å². The number of rotatable bonds is 14. The van der Waals surface area contributed by atoms with Crippen molar-refractivity contribution in [1.82, 2.24) is 0 Å². The molecule has 0 bridgehead atoms. The van der Waals surface area contributed by atoms with Gasteiger partial charge in [0.1, 0.15) is 6.10 Å². The van der Waals surface area contributed by atoms with Crippen LogP contribution in [0, 0.1) is 40.9 Å². The van der Waals surface area contributed by atoms with E-state index in [4.69, 9.17) is 37.9 Å². The predicted molar refractivity (Wildman–Crippen MR) is 223 cm³/mol. The number of carbonyl (C=O) groups excluding carboxylic acids is 2. The Labute approximate surface area is 396 Å². The van der Waals surface area contributed by atoms with Gasteiger partial charge < -0.3 is 68.2 Å². The maximum atomic E-state index is 13.7. The second-order valence-corrected chi connectivity index (χ2v) is 20.8. The van der Waals surface area contributed by atoms with Crippen molar-refractivity contribution in [2.45, 2.75) is 212 Å². The van der Waals surface area contributed by atoms with Gasteiger partial charge in [0.2, 0.25) is 0 Å². The summed E-state index contributed by atoms with van der Waals surface area (Å²) >= 11 is 0. The third-order valence-electron chi connectivity index (χ3n) is 15.8. The summed E-state index contributed by atoms with van der Waals surface area (Å²) in [5, 5.41) is 55.8. The van der Waals surface area contributed by atoms with Gasteiger partial charge in [0.05, 0.1) is 61.5 Å². The molecule has 6 aliphatic heterocycles.